The number of aliphatic hydroxyl groups is 1. The summed E-state index contributed by atoms with van der Waals surface area (Å²) in [5, 5.41) is 9.37. The minimum absolute atomic E-state index is 0.219. The number of aromatic nitrogens is 1. The highest BCUT2D eigenvalue weighted by atomic mass is 16.3. The topological polar surface area (TPSA) is 36.4 Å². The molecule has 0 aliphatic carbocycles. The van der Waals surface area contributed by atoms with Gasteiger partial charge < -0.3 is 10.0 Å². The Bertz CT molecular complexity index is 340. The van der Waals surface area contributed by atoms with Gasteiger partial charge in [-0.05, 0) is 31.4 Å². The monoisotopic (exact) mass is 206 g/mol. The first kappa shape index (κ1) is 10.4. The molecular weight excluding hydrogens is 188 g/mol. The van der Waals surface area contributed by atoms with Crippen LogP contribution >= 0.6 is 0 Å². The molecule has 1 saturated heterocycles. The van der Waals surface area contributed by atoms with Crippen molar-refractivity contribution in [1.82, 2.24) is 4.98 Å². The van der Waals surface area contributed by atoms with Gasteiger partial charge in [-0.15, -0.1) is 0 Å². The Hall–Kier alpha value is -1.09. The molecule has 1 aromatic heterocycles. The van der Waals surface area contributed by atoms with Crippen molar-refractivity contribution in [2.75, 3.05) is 18.1 Å². The molecule has 1 aliphatic heterocycles. The third kappa shape index (κ3) is 1.97. The fourth-order valence-electron chi connectivity index (χ4n) is 2.26. The van der Waals surface area contributed by atoms with Crippen LogP contribution in [-0.2, 0) is 0 Å². The van der Waals surface area contributed by atoms with Crippen LogP contribution in [0.15, 0.2) is 18.2 Å². The highest BCUT2D eigenvalue weighted by Gasteiger charge is 2.31. The summed E-state index contributed by atoms with van der Waals surface area (Å²) in [5.41, 5.74) is 1.03. The summed E-state index contributed by atoms with van der Waals surface area (Å²) in [6, 6.07) is 6.28. The van der Waals surface area contributed by atoms with Crippen molar-refractivity contribution in [3.8, 4) is 0 Å². The van der Waals surface area contributed by atoms with Crippen molar-refractivity contribution in [1.29, 1.82) is 0 Å². The Kier molecular flexibility index (Phi) is 2.91. The molecule has 0 bridgehead atoms. The van der Waals surface area contributed by atoms with Crippen molar-refractivity contribution in [3.05, 3.63) is 23.9 Å². The van der Waals surface area contributed by atoms with Crippen molar-refractivity contribution >= 4 is 5.82 Å². The van der Waals surface area contributed by atoms with Crippen LogP contribution in [0.5, 0.6) is 0 Å². The van der Waals surface area contributed by atoms with Crippen molar-refractivity contribution in [3.63, 3.8) is 0 Å². The van der Waals surface area contributed by atoms with Gasteiger partial charge in [0.25, 0.3) is 0 Å². The van der Waals surface area contributed by atoms with E-state index in [2.05, 4.69) is 16.8 Å². The Balaban J connectivity index is 2.23. The van der Waals surface area contributed by atoms with Crippen LogP contribution in [0.3, 0.4) is 0 Å². The molecule has 2 rings (SSSR count). The lowest BCUT2D eigenvalue weighted by molar-refractivity contribution is 0.244. The van der Waals surface area contributed by atoms with Crippen molar-refractivity contribution in [2.45, 2.75) is 26.3 Å². The molecule has 1 aromatic rings. The molecule has 1 aliphatic rings. The lowest BCUT2D eigenvalue weighted by Gasteiger charge is -2.26. The summed E-state index contributed by atoms with van der Waals surface area (Å²) >= 11 is 0. The van der Waals surface area contributed by atoms with Gasteiger partial charge >= 0.3 is 0 Å². The van der Waals surface area contributed by atoms with Crippen LogP contribution < -0.4 is 4.90 Å². The molecule has 0 aromatic carbocycles. The zero-order valence-corrected chi connectivity index (χ0v) is 9.35. The first-order valence-electron chi connectivity index (χ1n) is 5.53. The lowest BCUT2D eigenvalue weighted by Crippen LogP contribution is -2.35. The Morgan fingerprint density at radius 1 is 1.53 bits per heavy atom. The predicted molar refractivity (Wildman–Crippen MR) is 61.0 cm³/mol. The average molecular weight is 206 g/mol. The van der Waals surface area contributed by atoms with Gasteiger partial charge in [0.15, 0.2) is 0 Å². The van der Waals surface area contributed by atoms with Gasteiger partial charge in [-0.2, -0.15) is 0 Å². The summed E-state index contributed by atoms with van der Waals surface area (Å²) in [7, 11) is 0. The molecule has 2 unspecified atom stereocenters. The second-order valence-corrected chi connectivity index (χ2v) is 4.35. The molecule has 0 radical (unpaired) electrons. The van der Waals surface area contributed by atoms with Crippen molar-refractivity contribution in [2.24, 2.45) is 5.92 Å². The van der Waals surface area contributed by atoms with Gasteiger partial charge in [-0.25, -0.2) is 4.98 Å². The third-order valence-corrected chi connectivity index (χ3v) is 3.24. The van der Waals surface area contributed by atoms with E-state index in [1.54, 1.807) is 0 Å². The van der Waals surface area contributed by atoms with Crippen molar-refractivity contribution < 1.29 is 5.11 Å². The predicted octanol–water partition coefficient (Wildman–Crippen LogP) is 1.60. The summed E-state index contributed by atoms with van der Waals surface area (Å²) in [6.07, 6.45) is 1.14. The normalized spacial score (nSPS) is 25.9. The van der Waals surface area contributed by atoms with Crippen LogP contribution in [0, 0.1) is 12.8 Å². The molecule has 0 saturated carbocycles. The van der Waals surface area contributed by atoms with E-state index < -0.39 is 0 Å². The van der Waals surface area contributed by atoms with Gasteiger partial charge in [0.1, 0.15) is 5.82 Å². The molecule has 1 N–H and O–H groups in total. The number of pyridine rings is 1. The van der Waals surface area contributed by atoms with E-state index >= 15 is 0 Å². The first-order chi connectivity index (χ1) is 7.22. The van der Waals surface area contributed by atoms with Gasteiger partial charge in [0.2, 0.25) is 0 Å². The maximum absolute atomic E-state index is 9.37. The number of anilines is 1. The lowest BCUT2D eigenvalue weighted by atomic mass is 10.0. The van der Waals surface area contributed by atoms with Crippen LogP contribution in [0.2, 0.25) is 0 Å². The fourth-order valence-corrected chi connectivity index (χ4v) is 2.26. The molecule has 3 heteroatoms. The molecule has 82 valence electrons. The summed E-state index contributed by atoms with van der Waals surface area (Å²) in [6.45, 7) is 5.41. The number of aliphatic hydroxyl groups excluding tert-OH is 1. The second kappa shape index (κ2) is 4.19. The van der Waals surface area contributed by atoms with Gasteiger partial charge in [0.05, 0.1) is 12.6 Å². The molecule has 0 spiro atoms. The number of rotatable bonds is 2. The van der Waals surface area contributed by atoms with Crippen LogP contribution in [0.1, 0.15) is 19.0 Å². The fraction of sp³-hybridized carbons (Fsp3) is 0.583. The van der Waals surface area contributed by atoms with E-state index in [9.17, 15) is 5.11 Å². The highest BCUT2D eigenvalue weighted by molar-refractivity contribution is 5.42. The smallest absolute Gasteiger partial charge is 0.129 e. The molecule has 0 amide bonds. The van der Waals surface area contributed by atoms with E-state index in [4.69, 9.17) is 0 Å². The maximum atomic E-state index is 9.37. The Morgan fingerprint density at radius 3 is 3.00 bits per heavy atom. The number of hydrogen-bond donors (Lipinski definition) is 1. The summed E-state index contributed by atoms with van der Waals surface area (Å²) < 4.78 is 0. The molecular formula is C12H18N2O. The molecule has 1 fully saturated rings. The standard InChI is InChI=1S/C12H18N2O/c1-9-6-7-14(11(9)8-15)12-5-3-4-10(2)13-12/h3-5,9,11,15H,6-8H2,1-2H3. The van der Waals surface area contributed by atoms with E-state index in [0.29, 0.717) is 5.92 Å². The van der Waals surface area contributed by atoms with Crippen LogP contribution in [-0.4, -0.2) is 29.3 Å². The molecule has 3 nitrogen and oxygen atoms in total. The highest BCUT2D eigenvalue weighted by Crippen LogP contribution is 2.27. The van der Waals surface area contributed by atoms with Gasteiger partial charge in [-0.1, -0.05) is 13.0 Å². The van der Waals surface area contributed by atoms with Crippen LogP contribution in [0.25, 0.3) is 0 Å². The second-order valence-electron chi connectivity index (χ2n) is 4.35. The maximum Gasteiger partial charge on any atom is 0.129 e. The summed E-state index contributed by atoms with van der Waals surface area (Å²) in [4.78, 5) is 6.72. The average Bonchev–Trinajstić information content (AvgIpc) is 2.59. The molecule has 15 heavy (non-hydrogen) atoms. The molecule has 2 heterocycles. The number of hydrogen-bond acceptors (Lipinski definition) is 3. The Labute approximate surface area is 90.8 Å². The zero-order valence-electron chi connectivity index (χ0n) is 9.35. The Morgan fingerprint density at radius 2 is 2.33 bits per heavy atom. The minimum Gasteiger partial charge on any atom is -0.394 e. The quantitative estimate of drug-likeness (QED) is 0.798. The number of nitrogens with zero attached hydrogens (tertiary/aromatic N) is 2. The van der Waals surface area contributed by atoms with E-state index in [1.165, 1.54) is 0 Å². The van der Waals surface area contributed by atoms with Gasteiger partial charge in [0, 0.05) is 12.2 Å². The largest absolute Gasteiger partial charge is 0.394 e. The first-order valence-corrected chi connectivity index (χ1v) is 5.53. The minimum atomic E-state index is 0.219. The molecule has 2 atom stereocenters. The SMILES string of the molecule is Cc1cccc(N2CCC(C)C2CO)n1. The van der Waals surface area contributed by atoms with Crippen LogP contribution in [0.4, 0.5) is 5.82 Å². The number of aryl methyl sites for hydroxylation is 1. The van der Waals surface area contributed by atoms with E-state index in [1.807, 2.05) is 25.1 Å². The zero-order chi connectivity index (χ0) is 10.8. The van der Waals surface area contributed by atoms with E-state index in [0.717, 1.165) is 24.5 Å². The third-order valence-electron chi connectivity index (χ3n) is 3.24. The van der Waals surface area contributed by atoms with Gasteiger partial charge in [-0.3, -0.25) is 0 Å². The summed E-state index contributed by atoms with van der Waals surface area (Å²) in [5.74, 6) is 1.55. The van der Waals surface area contributed by atoms with E-state index in [-0.39, 0.29) is 12.6 Å².